The van der Waals surface area contributed by atoms with Crippen molar-refractivity contribution >= 4 is 11.6 Å². The summed E-state index contributed by atoms with van der Waals surface area (Å²) in [5.41, 5.74) is 5.04. The first-order valence-corrected chi connectivity index (χ1v) is 10.5. The van der Waals surface area contributed by atoms with Gasteiger partial charge in [-0.05, 0) is 43.9 Å². The van der Waals surface area contributed by atoms with E-state index in [2.05, 4.69) is 24.8 Å². The summed E-state index contributed by atoms with van der Waals surface area (Å²) in [4.78, 5) is 26.3. The predicted octanol–water partition coefficient (Wildman–Crippen LogP) is 4.98. The summed E-state index contributed by atoms with van der Waals surface area (Å²) in [6.45, 7) is 2.77. The number of aryl methyl sites for hydroxylation is 1. The summed E-state index contributed by atoms with van der Waals surface area (Å²) in [5, 5.41) is 2.96. The molecule has 0 saturated heterocycles. The van der Waals surface area contributed by atoms with Crippen molar-refractivity contribution in [3.8, 4) is 22.5 Å². The van der Waals surface area contributed by atoms with Crippen LogP contribution in [0.2, 0.25) is 0 Å². The van der Waals surface area contributed by atoms with Gasteiger partial charge in [-0.3, -0.25) is 9.78 Å². The molecule has 1 N–H and O–H groups in total. The third-order valence-electron chi connectivity index (χ3n) is 5.47. The van der Waals surface area contributed by atoms with E-state index in [1.807, 2.05) is 74.0 Å². The number of rotatable bonds is 6. The van der Waals surface area contributed by atoms with Crippen molar-refractivity contribution in [3.05, 3.63) is 84.7 Å². The van der Waals surface area contributed by atoms with Crippen molar-refractivity contribution in [2.75, 3.05) is 5.32 Å². The number of hydrogen-bond donors (Lipinski definition) is 1. The van der Waals surface area contributed by atoms with E-state index in [1.165, 1.54) is 12.8 Å². The maximum Gasteiger partial charge on any atom is 0.272 e. The monoisotopic (exact) mass is 409 g/mol. The molecule has 1 aliphatic carbocycles. The highest BCUT2D eigenvalue weighted by atomic mass is 16.1. The molecule has 1 aliphatic rings. The molecule has 4 aromatic rings. The van der Waals surface area contributed by atoms with E-state index in [0.717, 1.165) is 28.9 Å². The van der Waals surface area contributed by atoms with Gasteiger partial charge in [0.25, 0.3) is 5.91 Å². The lowest BCUT2D eigenvalue weighted by Crippen LogP contribution is -2.17. The molecule has 0 radical (unpaired) electrons. The zero-order chi connectivity index (χ0) is 21.2. The average molecular weight is 409 g/mol. The van der Waals surface area contributed by atoms with Crippen LogP contribution in [-0.4, -0.2) is 25.4 Å². The van der Waals surface area contributed by atoms with Gasteiger partial charge in [-0.1, -0.05) is 30.3 Å². The van der Waals surface area contributed by atoms with Gasteiger partial charge in [-0.15, -0.1) is 0 Å². The Kier molecular flexibility index (Phi) is 5.04. The lowest BCUT2D eigenvalue weighted by atomic mass is 10.1. The molecule has 0 spiro atoms. The van der Waals surface area contributed by atoms with Gasteiger partial charge < -0.3 is 9.88 Å². The van der Waals surface area contributed by atoms with Crippen molar-refractivity contribution in [2.24, 2.45) is 5.92 Å². The van der Waals surface area contributed by atoms with Gasteiger partial charge in [0, 0.05) is 47.5 Å². The van der Waals surface area contributed by atoms with E-state index in [-0.39, 0.29) is 5.91 Å². The number of nitrogens with zero attached hydrogens (tertiary/aromatic N) is 4. The van der Waals surface area contributed by atoms with Crippen molar-refractivity contribution in [1.29, 1.82) is 0 Å². The fourth-order valence-electron chi connectivity index (χ4n) is 3.54. The zero-order valence-corrected chi connectivity index (χ0v) is 17.3. The maximum atomic E-state index is 13.0. The summed E-state index contributed by atoms with van der Waals surface area (Å²) >= 11 is 0. The average Bonchev–Trinajstić information content (AvgIpc) is 3.52. The Labute approximate surface area is 181 Å². The molecule has 0 atom stereocenters. The van der Waals surface area contributed by atoms with Crippen molar-refractivity contribution in [2.45, 2.75) is 26.3 Å². The van der Waals surface area contributed by atoms with Gasteiger partial charge in [0.1, 0.15) is 5.69 Å². The molecule has 1 aromatic carbocycles. The molecular weight excluding hydrogens is 386 g/mol. The largest absolute Gasteiger partial charge is 0.343 e. The van der Waals surface area contributed by atoms with Gasteiger partial charge in [0.2, 0.25) is 0 Å². The number of aromatic nitrogens is 4. The van der Waals surface area contributed by atoms with Crippen LogP contribution in [0.25, 0.3) is 22.5 Å². The van der Waals surface area contributed by atoms with Crippen LogP contribution in [0.15, 0.2) is 73.3 Å². The minimum absolute atomic E-state index is 0.139. The van der Waals surface area contributed by atoms with E-state index in [9.17, 15) is 4.79 Å². The Morgan fingerprint density at radius 2 is 1.74 bits per heavy atom. The fraction of sp³-hybridized carbons (Fsp3) is 0.200. The van der Waals surface area contributed by atoms with Crippen molar-refractivity contribution < 1.29 is 4.79 Å². The molecule has 1 saturated carbocycles. The molecule has 154 valence electrons. The molecule has 5 rings (SSSR count). The van der Waals surface area contributed by atoms with E-state index < -0.39 is 0 Å². The highest BCUT2D eigenvalue weighted by Gasteiger charge is 2.25. The number of amides is 1. The van der Waals surface area contributed by atoms with Gasteiger partial charge in [-0.25, -0.2) is 9.97 Å². The van der Waals surface area contributed by atoms with E-state index in [0.29, 0.717) is 23.1 Å². The molecular formula is C25H23N5O. The SMILES string of the molecule is Cc1ccc(NC(=O)c2cc(-c3cnc(-c4ccccc4)nc3)cn2CC2CC2)cn1. The molecule has 0 bridgehead atoms. The first-order valence-electron chi connectivity index (χ1n) is 10.5. The normalized spacial score (nSPS) is 13.2. The summed E-state index contributed by atoms with van der Waals surface area (Å²) in [6.07, 6.45) is 9.77. The quantitative estimate of drug-likeness (QED) is 0.488. The second-order valence-corrected chi connectivity index (χ2v) is 8.01. The Morgan fingerprint density at radius 3 is 2.42 bits per heavy atom. The molecule has 6 nitrogen and oxygen atoms in total. The van der Waals surface area contributed by atoms with Crippen LogP contribution < -0.4 is 5.32 Å². The number of nitrogens with one attached hydrogen (secondary N) is 1. The molecule has 6 heteroatoms. The Bertz CT molecular complexity index is 1190. The van der Waals surface area contributed by atoms with Crippen LogP contribution >= 0.6 is 0 Å². The van der Waals surface area contributed by atoms with Gasteiger partial charge >= 0.3 is 0 Å². The summed E-state index contributed by atoms with van der Waals surface area (Å²) in [7, 11) is 0. The summed E-state index contributed by atoms with van der Waals surface area (Å²) in [5.74, 6) is 1.19. The Morgan fingerprint density at radius 1 is 0.968 bits per heavy atom. The second-order valence-electron chi connectivity index (χ2n) is 8.01. The molecule has 3 aromatic heterocycles. The molecule has 0 unspecified atom stereocenters. The maximum absolute atomic E-state index is 13.0. The number of benzene rings is 1. The molecule has 1 amide bonds. The van der Waals surface area contributed by atoms with E-state index >= 15 is 0 Å². The van der Waals surface area contributed by atoms with E-state index in [4.69, 9.17) is 0 Å². The number of anilines is 1. The van der Waals surface area contributed by atoms with Crippen LogP contribution in [0.3, 0.4) is 0 Å². The van der Waals surface area contributed by atoms with Crippen LogP contribution in [0, 0.1) is 12.8 Å². The first-order chi connectivity index (χ1) is 15.2. The Balaban J connectivity index is 1.42. The number of hydrogen-bond acceptors (Lipinski definition) is 4. The highest BCUT2D eigenvalue weighted by Crippen LogP contribution is 2.33. The molecule has 3 heterocycles. The first kappa shape index (κ1) is 19.2. The van der Waals surface area contributed by atoms with E-state index in [1.54, 1.807) is 6.20 Å². The third kappa shape index (κ3) is 4.38. The molecule has 31 heavy (non-hydrogen) atoms. The number of carbonyl (C=O) groups excluding carboxylic acids is 1. The van der Waals surface area contributed by atoms with Crippen molar-refractivity contribution in [3.63, 3.8) is 0 Å². The van der Waals surface area contributed by atoms with Crippen LogP contribution in [0.1, 0.15) is 29.0 Å². The van der Waals surface area contributed by atoms with Gasteiger partial charge in [0.05, 0.1) is 11.9 Å². The molecule has 1 fully saturated rings. The summed E-state index contributed by atoms with van der Waals surface area (Å²) < 4.78 is 2.05. The molecule has 0 aliphatic heterocycles. The lowest BCUT2D eigenvalue weighted by molar-refractivity contribution is 0.101. The van der Waals surface area contributed by atoms with Crippen molar-refractivity contribution in [1.82, 2.24) is 19.5 Å². The van der Waals surface area contributed by atoms with Gasteiger partial charge in [-0.2, -0.15) is 0 Å². The minimum Gasteiger partial charge on any atom is -0.343 e. The second kappa shape index (κ2) is 8.14. The van der Waals surface area contributed by atoms with Crippen LogP contribution in [-0.2, 0) is 6.54 Å². The topological polar surface area (TPSA) is 72.7 Å². The fourth-order valence-corrected chi connectivity index (χ4v) is 3.54. The highest BCUT2D eigenvalue weighted by molar-refractivity contribution is 6.04. The lowest BCUT2D eigenvalue weighted by Gasteiger charge is -2.09. The minimum atomic E-state index is -0.139. The summed E-state index contributed by atoms with van der Waals surface area (Å²) in [6, 6.07) is 15.6. The smallest absolute Gasteiger partial charge is 0.272 e. The standard InChI is InChI=1S/C25H23N5O/c1-17-7-10-22(14-26-17)29-25(31)23-11-20(16-30(23)15-18-8-9-18)21-12-27-24(28-13-21)19-5-3-2-4-6-19/h2-7,10-14,16,18H,8-9,15H2,1H3,(H,29,31). The number of carbonyl (C=O) groups is 1. The number of pyridine rings is 1. The van der Waals surface area contributed by atoms with Crippen LogP contribution in [0.5, 0.6) is 0 Å². The van der Waals surface area contributed by atoms with Gasteiger partial charge in [0.15, 0.2) is 5.82 Å². The predicted molar refractivity (Wildman–Crippen MR) is 121 cm³/mol. The van der Waals surface area contributed by atoms with Crippen LogP contribution in [0.4, 0.5) is 5.69 Å². The Hall–Kier alpha value is -3.80. The zero-order valence-electron chi connectivity index (χ0n) is 17.3. The third-order valence-corrected chi connectivity index (χ3v) is 5.47.